The van der Waals surface area contributed by atoms with Crippen LogP contribution in [-0.2, 0) is 0 Å². The highest BCUT2D eigenvalue weighted by Crippen LogP contribution is 2.16. The Labute approximate surface area is 75.4 Å². The molecule has 13 heavy (non-hydrogen) atoms. The van der Waals surface area contributed by atoms with Gasteiger partial charge in [-0.2, -0.15) is 0 Å². The van der Waals surface area contributed by atoms with Crippen LogP contribution in [0.2, 0.25) is 0 Å². The molecular formula is C9H9N3O. The first-order valence-corrected chi connectivity index (χ1v) is 3.90. The van der Waals surface area contributed by atoms with Crippen LogP contribution in [0.4, 0.5) is 5.69 Å². The molecule has 0 saturated carbocycles. The first-order chi connectivity index (χ1) is 6.25. The highest BCUT2D eigenvalue weighted by atomic mass is 16.3. The molecule has 0 saturated heterocycles. The molecule has 0 aliphatic heterocycles. The quantitative estimate of drug-likeness (QED) is 0.715. The van der Waals surface area contributed by atoms with E-state index in [2.05, 4.69) is 9.97 Å². The minimum atomic E-state index is 0.525. The van der Waals surface area contributed by atoms with Crippen LogP contribution in [0.3, 0.4) is 0 Å². The predicted octanol–water partition coefficient (Wildman–Crippen LogP) is 1.63. The molecule has 0 fully saturated rings. The molecule has 0 amide bonds. The van der Waals surface area contributed by atoms with Crippen LogP contribution < -0.4 is 5.73 Å². The molecule has 4 heteroatoms. The average molecular weight is 175 g/mol. The number of nitrogens with two attached hydrogens (primary N) is 1. The van der Waals surface area contributed by atoms with E-state index in [1.807, 2.05) is 6.92 Å². The van der Waals surface area contributed by atoms with Gasteiger partial charge in [-0.1, -0.05) is 0 Å². The Kier molecular flexibility index (Phi) is 1.73. The van der Waals surface area contributed by atoms with Gasteiger partial charge in [0.15, 0.2) is 0 Å². The number of nitrogen functional groups attached to an aromatic ring is 1. The average Bonchev–Trinajstić information content (AvgIpc) is 2.53. The Hall–Kier alpha value is -1.84. The molecule has 2 aromatic rings. The summed E-state index contributed by atoms with van der Waals surface area (Å²) in [6.45, 7) is 1.87. The molecule has 0 atom stereocenters. The van der Waals surface area contributed by atoms with Crippen LogP contribution >= 0.6 is 0 Å². The van der Waals surface area contributed by atoms with E-state index in [1.54, 1.807) is 24.6 Å². The van der Waals surface area contributed by atoms with Gasteiger partial charge < -0.3 is 10.2 Å². The number of nitrogens with zero attached hydrogens (tertiary/aromatic N) is 2. The fourth-order valence-corrected chi connectivity index (χ4v) is 1.00. The zero-order chi connectivity index (χ0) is 9.26. The number of hydrogen-bond donors (Lipinski definition) is 1. The van der Waals surface area contributed by atoms with Gasteiger partial charge in [-0.3, -0.25) is 0 Å². The molecule has 0 spiro atoms. The number of aromatic nitrogens is 2. The predicted molar refractivity (Wildman–Crippen MR) is 48.9 cm³/mol. The zero-order valence-corrected chi connectivity index (χ0v) is 7.19. The molecule has 4 nitrogen and oxygen atoms in total. The lowest BCUT2D eigenvalue weighted by molar-refractivity contribution is 0.571. The number of pyridine rings is 1. The maximum atomic E-state index is 5.50. The van der Waals surface area contributed by atoms with Gasteiger partial charge in [0.1, 0.15) is 12.0 Å². The summed E-state index contributed by atoms with van der Waals surface area (Å²) in [5.74, 6) is 0.525. The maximum Gasteiger partial charge on any atom is 0.245 e. The van der Waals surface area contributed by atoms with Crippen LogP contribution in [0.25, 0.3) is 11.6 Å². The molecule has 2 rings (SSSR count). The molecule has 0 radical (unpaired) electrons. The number of anilines is 1. The van der Waals surface area contributed by atoms with E-state index in [0.29, 0.717) is 17.3 Å². The molecule has 2 heterocycles. The summed E-state index contributed by atoms with van der Waals surface area (Å²) in [5, 5.41) is 0. The monoisotopic (exact) mass is 175 g/mol. The summed E-state index contributed by atoms with van der Waals surface area (Å²) in [4.78, 5) is 8.22. The summed E-state index contributed by atoms with van der Waals surface area (Å²) in [6, 6.07) is 3.54. The van der Waals surface area contributed by atoms with Crippen LogP contribution in [0.15, 0.2) is 29.0 Å². The molecule has 0 aromatic carbocycles. The lowest BCUT2D eigenvalue weighted by Gasteiger charge is -1.94. The van der Waals surface area contributed by atoms with Gasteiger partial charge in [0.05, 0.1) is 17.6 Å². The minimum absolute atomic E-state index is 0.525. The molecule has 66 valence electrons. The molecule has 2 aromatic heterocycles. The van der Waals surface area contributed by atoms with Crippen LogP contribution in [0.5, 0.6) is 0 Å². The largest absolute Gasteiger partial charge is 0.443 e. The van der Waals surface area contributed by atoms with Gasteiger partial charge >= 0.3 is 0 Å². The third-order valence-electron chi connectivity index (χ3n) is 1.62. The summed E-state index contributed by atoms with van der Waals surface area (Å²) in [7, 11) is 0. The van der Waals surface area contributed by atoms with Crippen molar-refractivity contribution < 1.29 is 4.42 Å². The summed E-state index contributed by atoms with van der Waals surface area (Å²) in [5.41, 5.74) is 7.67. The van der Waals surface area contributed by atoms with Gasteiger partial charge in [0.25, 0.3) is 0 Å². The lowest BCUT2D eigenvalue weighted by atomic mass is 10.3. The molecule has 0 bridgehead atoms. The Morgan fingerprint density at radius 1 is 1.38 bits per heavy atom. The van der Waals surface area contributed by atoms with E-state index >= 15 is 0 Å². The first kappa shape index (κ1) is 7.79. The third-order valence-corrected chi connectivity index (χ3v) is 1.62. The van der Waals surface area contributed by atoms with Gasteiger partial charge in [-0.25, -0.2) is 9.97 Å². The van der Waals surface area contributed by atoms with E-state index in [-0.39, 0.29) is 0 Å². The Bertz CT molecular complexity index is 405. The van der Waals surface area contributed by atoms with E-state index < -0.39 is 0 Å². The fraction of sp³-hybridized carbons (Fsp3) is 0.111. The Morgan fingerprint density at radius 3 is 2.77 bits per heavy atom. The highest BCUT2D eigenvalue weighted by Gasteiger charge is 2.04. The summed E-state index contributed by atoms with van der Waals surface area (Å²) >= 11 is 0. The van der Waals surface area contributed by atoms with Crippen molar-refractivity contribution in [3.05, 3.63) is 30.3 Å². The topological polar surface area (TPSA) is 64.9 Å². The smallest absolute Gasteiger partial charge is 0.245 e. The van der Waals surface area contributed by atoms with Gasteiger partial charge in [0, 0.05) is 0 Å². The highest BCUT2D eigenvalue weighted by molar-refractivity contribution is 5.50. The third kappa shape index (κ3) is 1.51. The van der Waals surface area contributed by atoms with Gasteiger partial charge in [0.2, 0.25) is 5.89 Å². The van der Waals surface area contributed by atoms with E-state index in [9.17, 15) is 0 Å². The second-order valence-electron chi connectivity index (χ2n) is 2.77. The van der Waals surface area contributed by atoms with Crippen molar-refractivity contribution in [3.63, 3.8) is 0 Å². The number of rotatable bonds is 1. The number of hydrogen-bond acceptors (Lipinski definition) is 4. The molecule has 0 unspecified atom stereocenters. The van der Waals surface area contributed by atoms with E-state index in [1.165, 1.54) is 0 Å². The number of aryl methyl sites for hydroxylation is 1. The van der Waals surface area contributed by atoms with Crippen molar-refractivity contribution in [2.75, 3.05) is 5.73 Å². The minimum Gasteiger partial charge on any atom is -0.443 e. The zero-order valence-electron chi connectivity index (χ0n) is 7.19. The molecule has 2 N–H and O–H groups in total. The van der Waals surface area contributed by atoms with Gasteiger partial charge in [-0.05, 0) is 19.1 Å². The van der Waals surface area contributed by atoms with Crippen LogP contribution in [0.1, 0.15) is 5.69 Å². The van der Waals surface area contributed by atoms with E-state index in [4.69, 9.17) is 10.2 Å². The Morgan fingerprint density at radius 2 is 2.23 bits per heavy atom. The summed E-state index contributed by atoms with van der Waals surface area (Å²) in [6.07, 6.45) is 3.17. The second kappa shape index (κ2) is 2.90. The first-order valence-electron chi connectivity index (χ1n) is 3.90. The normalized spacial score (nSPS) is 10.2. The van der Waals surface area contributed by atoms with Crippen molar-refractivity contribution in [1.29, 1.82) is 0 Å². The van der Waals surface area contributed by atoms with Crippen molar-refractivity contribution >= 4 is 5.69 Å². The van der Waals surface area contributed by atoms with Crippen molar-refractivity contribution in [2.45, 2.75) is 6.92 Å². The van der Waals surface area contributed by atoms with Crippen molar-refractivity contribution in [2.24, 2.45) is 0 Å². The van der Waals surface area contributed by atoms with Crippen LogP contribution in [0, 0.1) is 6.92 Å². The van der Waals surface area contributed by atoms with Crippen LogP contribution in [-0.4, -0.2) is 9.97 Å². The SMILES string of the molecule is Cc1coc(-c2ccc(N)cn2)n1. The Balaban J connectivity index is 2.41. The maximum absolute atomic E-state index is 5.50. The van der Waals surface area contributed by atoms with Crippen molar-refractivity contribution in [3.8, 4) is 11.6 Å². The number of oxazole rings is 1. The molecule has 0 aliphatic rings. The molecular weight excluding hydrogens is 166 g/mol. The second-order valence-corrected chi connectivity index (χ2v) is 2.77. The fourth-order valence-electron chi connectivity index (χ4n) is 1.00. The lowest BCUT2D eigenvalue weighted by Crippen LogP contribution is -1.88. The van der Waals surface area contributed by atoms with E-state index in [0.717, 1.165) is 5.69 Å². The van der Waals surface area contributed by atoms with Crippen molar-refractivity contribution in [1.82, 2.24) is 9.97 Å². The molecule has 0 aliphatic carbocycles. The summed E-state index contributed by atoms with van der Waals surface area (Å²) < 4.78 is 5.18. The van der Waals surface area contributed by atoms with Gasteiger partial charge in [-0.15, -0.1) is 0 Å². The standard InChI is InChI=1S/C9H9N3O/c1-6-5-13-9(12-6)8-3-2-7(10)4-11-8/h2-5H,10H2,1H3.